The summed E-state index contributed by atoms with van der Waals surface area (Å²) < 4.78 is 3.08. The fraction of sp³-hybridized carbons (Fsp3) is 0.571. The zero-order chi connectivity index (χ0) is 12.7. The van der Waals surface area contributed by atoms with E-state index < -0.39 is 0 Å². The van der Waals surface area contributed by atoms with Crippen LogP contribution in [0, 0.1) is 17.6 Å². The Balaban J connectivity index is 2.19. The third-order valence-corrected chi connectivity index (χ3v) is 4.51. The number of fused-ring (bicyclic) bond motifs is 1. The Hall–Kier alpha value is -1.16. The molecule has 0 radical (unpaired) electrons. The number of nitrogens with zero attached hydrogens (tertiary/aromatic N) is 2. The van der Waals surface area contributed by atoms with Gasteiger partial charge in [0.25, 0.3) is 0 Å². The van der Waals surface area contributed by atoms with E-state index in [2.05, 4.69) is 28.4 Å². The summed E-state index contributed by atoms with van der Waals surface area (Å²) in [6, 6.07) is 2.54. The van der Waals surface area contributed by atoms with Gasteiger partial charge >= 0.3 is 0 Å². The lowest BCUT2D eigenvalue weighted by atomic mass is 9.86. The molecule has 1 aliphatic rings. The van der Waals surface area contributed by atoms with Crippen LogP contribution in [0.3, 0.4) is 0 Å². The molecule has 0 amide bonds. The van der Waals surface area contributed by atoms with E-state index in [0.29, 0.717) is 12.0 Å². The highest BCUT2D eigenvalue weighted by molar-refractivity contribution is 7.71. The summed E-state index contributed by atoms with van der Waals surface area (Å²) >= 11 is 5.51. The van der Waals surface area contributed by atoms with Crippen molar-refractivity contribution in [3.63, 3.8) is 0 Å². The number of H-pyrrole nitrogens is 1. The van der Waals surface area contributed by atoms with Crippen molar-refractivity contribution in [3.8, 4) is 0 Å². The Labute approximate surface area is 112 Å². The Bertz CT molecular complexity index is 625. The summed E-state index contributed by atoms with van der Waals surface area (Å²) in [7, 11) is 0. The number of imidazole rings is 1. The largest absolute Gasteiger partial charge is 0.329 e. The van der Waals surface area contributed by atoms with Crippen LogP contribution in [0.1, 0.15) is 44.2 Å². The second kappa shape index (κ2) is 4.50. The predicted octanol–water partition coefficient (Wildman–Crippen LogP) is 4.15. The number of rotatable bonds is 1. The zero-order valence-electron chi connectivity index (χ0n) is 10.9. The summed E-state index contributed by atoms with van der Waals surface area (Å²) in [6.07, 6.45) is 7.04. The summed E-state index contributed by atoms with van der Waals surface area (Å²) in [4.78, 5) is 7.87. The van der Waals surface area contributed by atoms with Crippen molar-refractivity contribution < 1.29 is 0 Å². The molecule has 3 rings (SSSR count). The number of hydrogen-bond donors (Lipinski definition) is 1. The third kappa shape index (κ3) is 1.79. The molecule has 1 fully saturated rings. The highest BCUT2D eigenvalue weighted by Crippen LogP contribution is 2.35. The molecule has 0 saturated heterocycles. The molecule has 0 bridgehead atoms. The molecule has 2 aromatic heterocycles. The van der Waals surface area contributed by atoms with Crippen molar-refractivity contribution in [2.45, 2.75) is 45.6 Å². The molecule has 2 heterocycles. The lowest BCUT2D eigenvalue weighted by Crippen LogP contribution is -2.21. The van der Waals surface area contributed by atoms with E-state index in [9.17, 15) is 0 Å². The Kier molecular flexibility index (Phi) is 2.98. The molecule has 2 atom stereocenters. The van der Waals surface area contributed by atoms with Crippen LogP contribution in [-0.2, 0) is 0 Å². The van der Waals surface area contributed by atoms with Gasteiger partial charge in [-0.25, -0.2) is 4.98 Å². The molecule has 0 spiro atoms. The topological polar surface area (TPSA) is 33.6 Å². The number of aromatic nitrogens is 3. The summed E-state index contributed by atoms with van der Waals surface area (Å²) in [5, 5.41) is 0. The smallest absolute Gasteiger partial charge is 0.179 e. The standard InChI is InChI=1S/C14H19N3S/c1-9-5-3-4-6-11(9)17-13-12(16-14(17)18)10(2)7-8-15-13/h7-9,11H,3-6H2,1-2H3,(H,16,18). The van der Waals surface area contributed by atoms with Gasteiger partial charge in [-0.2, -0.15) is 0 Å². The minimum atomic E-state index is 0.509. The van der Waals surface area contributed by atoms with Crippen LogP contribution in [0.2, 0.25) is 0 Å². The number of hydrogen-bond acceptors (Lipinski definition) is 2. The average molecular weight is 261 g/mol. The quantitative estimate of drug-likeness (QED) is 0.782. The van der Waals surface area contributed by atoms with Crippen LogP contribution in [0.5, 0.6) is 0 Å². The Morgan fingerprint density at radius 3 is 2.94 bits per heavy atom. The lowest BCUT2D eigenvalue weighted by Gasteiger charge is -2.30. The Morgan fingerprint density at radius 2 is 2.17 bits per heavy atom. The van der Waals surface area contributed by atoms with Gasteiger partial charge in [0.05, 0.1) is 5.52 Å². The van der Waals surface area contributed by atoms with Gasteiger partial charge in [0.1, 0.15) is 0 Å². The second-order valence-electron chi connectivity index (χ2n) is 5.46. The first-order valence-electron chi connectivity index (χ1n) is 6.74. The van der Waals surface area contributed by atoms with Crippen molar-refractivity contribution >= 4 is 23.4 Å². The van der Waals surface area contributed by atoms with Gasteiger partial charge in [-0.05, 0) is 49.5 Å². The summed E-state index contributed by atoms with van der Waals surface area (Å²) in [5.74, 6) is 0.687. The van der Waals surface area contributed by atoms with E-state index in [0.717, 1.165) is 15.9 Å². The van der Waals surface area contributed by atoms with Crippen molar-refractivity contribution in [3.05, 3.63) is 22.6 Å². The second-order valence-corrected chi connectivity index (χ2v) is 5.84. The number of aryl methyl sites for hydroxylation is 1. The Morgan fingerprint density at radius 1 is 1.39 bits per heavy atom. The maximum atomic E-state index is 5.51. The number of pyridine rings is 1. The molecule has 1 N–H and O–H groups in total. The first kappa shape index (κ1) is 11.9. The van der Waals surface area contributed by atoms with Gasteiger partial charge < -0.3 is 4.98 Å². The van der Waals surface area contributed by atoms with Crippen molar-refractivity contribution in [1.29, 1.82) is 0 Å². The van der Waals surface area contributed by atoms with Crippen LogP contribution in [-0.4, -0.2) is 14.5 Å². The van der Waals surface area contributed by atoms with Crippen molar-refractivity contribution in [2.75, 3.05) is 0 Å². The minimum Gasteiger partial charge on any atom is -0.329 e. The van der Waals surface area contributed by atoms with E-state index in [1.165, 1.54) is 31.2 Å². The maximum absolute atomic E-state index is 5.51. The van der Waals surface area contributed by atoms with Gasteiger partial charge in [-0.1, -0.05) is 19.8 Å². The first-order valence-corrected chi connectivity index (χ1v) is 7.15. The molecular weight excluding hydrogens is 242 g/mol. The minimum absolute atomic E-state index is 0.509. The fourth-order valence-electron chi connectivity index (χ4n) is 3.13. The molecule has 96 valence electrons. The summed E-state index contributed by atoms with van der Waals surface area (Å²) in [5.41, 5.74) is 3.34. The first-order chi connectivity index (χ1) is 8.68. The molecule has 3 nitrogen and oxygen atoms in total. The molecule has 0 aromatic carbocycles. The van der Waals surface area contributed by atoms with E-state index in [-0.39, 0.29) is 0 Å². The molecule has 1 saturated carbocycles. The van der Waals surface area contributed by atoms with E-state index >= 15 is 0 Å². The van der Waals surface area contributed by atoms with Crippen LogP contribution in [0.15, 0.2) is 12.3 Å². The molecule has 0 aliphatic heterocycles. The third-order valence-electron chi connectivity index (χ3n) is 4.22. The van der Waals surface area contributed by atoms with Crippen LogP contribution >= 0.6 is 12.2 Å². The van der Waals surface area contributed by atoms with Crippen LogP contribution in [0.4, 0.5) is 0 Å². The normalized spacial score (nSPS) is 24.6. The predicted molar refractivity (Wildman–Crippen MR) is 76.3 cm³/mol. The number of aromatic amines is 1. The van der Waals surface area contributed by atoms with E-state index in [1.54, 1.807) is 0 Å². The molecular formula is C14H19N3S. The molecule has 18 heavy (non-hydrogen) atoms. The van der Waals surface area contributed by atoms with Crippen molar-refractivity contribution in [1.82, 2.24) is 14.5 Å². The van der Waals surface area contributed by atoms with Gasteiger partial charge in [0, 0.05) is 12.2 Å². The highest BCUT2D eigenvalue weighted by Gasteiger charge is 2.25. The summed E-state index contributed by atoms with van der Waals surface area (Å²) in [6.45, 7) is 4.43. The monoisotopic (exact) mass is 261 g/mol. The highest BCUT2D eigenvalue weighted by atomic mass is 32.1. The van der Waals surface area contributed by atoms with Crippen LogP contribution < -0.4 is 0 Å². The lowest BCUT2D eigenvalue weighted by molar-refractivity contribution is 0.259. The van der Waals surface area contributed by atoms with Crippen LogP contribution in [0.25, 0.3) is 11.2 Å². The zero-order valence-corrected chi connectivity index (χ0v) is 11.8. The number of nitrogens with one attached hydrogen (secondary N) is 1. The molecule has 2 aromatic rings. The molecule has 2 unspecified atom stereocenters. The van der Waals surface area contributed by atoms with Gasteiger partial charge in [-0.3, -0.25) is 4.57 Å². The SMILES string of the molecule is Cc1ccnc2c1[nH]c(=S)n2C1CCCCC1C. The van der Waals surface area contributed by atoms with Gasteiger partial charge in [0.2, 0.25) is 0 Å². The fourth-order valence-corrected chi connectivity index (χ4v) is 3.46. The van der Waals surface area contributed by atoms with E-state index in [4.69, 9.17) is 12.2 Å². The van der Waals surface area contributed by atoms with Crippen molar-refractivity contribution in [2.24, 2.45) is 5.92 Å². The van der Waals surface area contributed by atoms with Gasteiger partial charge in [0.15, 0.2) is 10.4 Å². The molecule has 4 heteroatoms. The maximum Gasteiger partial charge on any atom is 0.179 e. The average Bonchev–Trinajstić information content (AvgIpc) is 2.68. The van der Waals surface area contributed by atoms with Gasteiger partial charge in [-0.15, -0.1) is 0 Å². The van der Waals surface area contributed by atoms with E-state index in [1.807, 2.05) is 12.3 Å². The molecule has 1 aliphatic carbocycles.